The molecule has 1 unspecified atom stereocenters. The molecule has 0 bridgehead atoms. The van der Waals surface area contributed by atoms with Crippen molar-refractivity contribution in [3.8, 4) is 0 Å². The molecule has 0 amide bonds. The number of sulfonamides is 1. The van der Waals surface area contributed by atoms with E-state index < -0.39 is 10.0 Å². The second-order valence-electron chi connectivity index (χ2n) is 6.54. The minimum absolute atomic E-state index is 0.260. The van der Waals surface area contributed by atoms with Crippen LogP contribution < -0.4 is 4.72 Å². The van der Waals surface area contributed by atoms with Crippen LogP contribution in [0.2, 0.25) is 0 Å². The number of nitrogens with one attached hydrogen (secondary N) is 1. The van der Waals surface area contributed by atoms with Crippen molar-refractivity contribution < 1.29 is 8.42 Å². The number of nitrogens with zero attached hydrogens (tertiary/aromatic N) is 2. The van der Waals surface area contributed by atoms with Gasteiger partial charge in [-0.3, -0.25) is 9.40 Å². The number of hydrogen-bond acceptors (Lipinski definition) is 3. The molecule has 0 radical (unpaired) electrons. The van der Waals surface area contributed by atoms with Crippen molar-refractivity contribution in [2.24, 2.45) is 0 Å². The van der Waals surface area contributed by atoms with Crippen molar-refractivity contribution in [1.82, 2.24) is 9.78 Å². The van der Waals surface area contributed by atoms with E-state index in [-0.39, 0.29) is 4.90 Å². The third-order valence-corrected chi connectivity index (χ3v) is 6.30. The largest absolute Gasteiger partial charge is 0.280 e. The molecule has 142 valence electrons. The lowest BCUT2D eigenvalue weighted by Gasteiger charge is -2.12. The van der Waals surface area contributed by atoms with Gasteiger partial charge >= 0.3 is 0 Å². The fourth-order valence-corrected chi connectivity index (χ4v) is 4.15. The van der Waals surface area contributed by atoms with Gasteiger partial charge in [-0.05, 0) is 63.7 Å². The number of rotatable bonds is 7. The molecule has 1 aromatic heterocycles. The maximum atomic E-state index is 12.7. The molecule has 7 heteroatoms. The van der Waals surface area contributed by atoms with Gasteiger partial charge in [0.15, 0.2) is 0 Å². The lowest BCUT2D eigenvalue weighted by molar-refractivity contribution is 0.601. The second-order valence-corrected chi connectivity index (χ2v) is 9.14. The highest BCUT2D eigenvalue weighted by Crippen LogP contribution is 2.22. The molecule has 0 spiro atoms. The first-order chi connectivity index (χ1) is 12.9. The minimum Gasteiger partial charge on any atom is -0.280 e. The first-order valence-corrected chi connectivity index (χ1v) is 11.0. The number of halogens is 1. The summed E-state index contributed by atoms with van der Waals surface area (Å²) in [6, 6.07) is 14.4. The monoisotopic (exact) mass is 447 g/mol. The van der Waals surface area contributed by atoms with Crippen molar-refractivity contribution in [3.63, 3.8) is 0 Å². The molecule has 2 aromatic carbocycles. The lowest BCUT2D eigenvalue weighted by Crippen LogP contribution is -2.13. The smallest absolute Gasteiger partial charge is 0.261 e. The van der Waals surface area contributed by atoms with E-state index in [9.17, 15) is 8.42 Å². The van der Waals surface area contributed by atoms with Gasteiger partial charge in [0.1, 0.15) is 0 Å². The predicted octanol–water partition coefficient (Wildman–Crippen LogP) is 5.01. The Morgan fingerprint density at radius 1 is 1.19 bits per heavy atom. The molecular formula is C20H22BrN3O2S. The van der Waals surface area contributed by atoms with Crippen molar-refractivity contribution in [1.29, 1.82) is 0 Å². The molecule has 3 rings (SSSR count). The van der Waals surface area contributed by atoms with E-state index in [0.717, 1.165) is 22.0 Å². The van der Waals surface area contributed by atoms with Gasteiger partial charge in [0.2, 0.25) is 0 Å². The average Bonchev–Trinajstić information content (AvgIpc) is 3.06. The summed E-state index contributed by atoms with van der Waals surface area (Å²) in [5.74, 6) is 0.411. The van der Waals surface area contributed by atoms with Crippen LogP contribution in [-0.2, 0) is 16.6 Å². The summed E-state index contributed by atoms with van der Waals surface area (Å²) in [5.41, 5.74) is 2.63. The van der Waals surface area contributed by atoms with Crippen LogP contribution >= 0.6 is 15.9 Å². The van der Waals surface area contributed by atoms with E-state index in [1.165, 1.54) is 0 Å². The van der Waals surface area contributed by atoms with Crippen molar-refractivity contribution in [2.45, 2.75) is 37.6 Å². The highest BCUT2D eigenvalue weighted by molar-refractivity contribution is 9.10. The van der Waals surface area contributed by atoms with E-state index in [4.69, 9.17) is 0 Å². The third kappa shape index (κ3) is 4.99. The highest BCUT2D eigenvalue weighted by Gasteiger charge is 2.15. The van der Waals surface area contributed by atoms with Crippen LogP contribution in [0.3, 0.4) is 0 Å². The summed E-state index contributed by atoms with van der Waals surface area (Å²) in [6.45, 7) is 4.81. The lowest BCUT2D eigenvalue weighted by atomic mass is 9.99. The Bertz CT molecular complexity index is 1010. The fraction of sp³-hybridized carbons (Fsp3) is 0.250. The summed E-state index contributed by atoms with van der Waals surface area (Å²) in [5, 5.41) is 4.22. The molecule has 0 saturated heterocycles. The van der Waals surface area contributed by atoms with Crippen LogP contribution in [0.1, 0.15) is 37.3 Å². The van der Waals surface area contributed by atoms with Crippen LogP contribution in [0.25, 0.3) is 0 Å². The minimum atomic E-state index is -3.63. The van der Waals surface area contributed by atoms with E-state index >= 15 is 0 Å². The summed E-state index contributed by atoms with van der Waals surface area (Å²) in [6.07, 6.45) is 4.61. The van der Waals surface area contributed by atoms with E-state index in [0.29, 0.717) is 18.2 Å². The third-order valence-electron chi connectivity index (χ3n) is 4.50. The Labute approximate surface area is 168 Å². The van der Waals surface area contributed by atoms with Crippen LogP contribution in [0, 0.1) is 0 Å². The number of aromatic nitrogens is 2. The first-order valence-electron chi connectivity index (χ1n) is 8.77. The Kier molecular flexibility index (Phi) is 6.01. The molecular weight excluding hydrogens is 426 g/mol. The maximum absolute atomic E-state index is 12.7. The SMILES string of the molecule is CCC(C)c1ccc(S(=O)(=O)Nc2cccc(Cn3cc(Br)cn3)c2)cc1. The Hall–Kier alpha value is -2.12. The standard InChI is InChI=1S/C20H22BrN3O2S/c1-3-15(2)17-7-9-20(10-8-17)27(25,26)23-19-6-4-5-16(11-19)13-24-14-18(21)12-22-24/h4-12,14-15,23H,3,13H2,1-2H3. The Morgan fingerprint density at radius 2 is 1.93 bits per heavy atom. The number of anilines is 1. The summed E-state index contributed by atoms with van der Waals surface area (Å²) in [7, 11) is -3.63. The van der Waals surface area contributed by atoms with Gasteiger partial charge in [0.05, 0.1) is 22.1 Å². The molecule has 0 saturated carbocycles. The van der Waals surface area contributed by atoms with Gasteiger partial charge in [-0.25, -0.2) is 8.42 Å². The second kappa shape index (κ2) is 8.27. The zero-order chi connectivity index (χ0) is 19.4. The van der Waals surface area contributed by atoms with E-state index in [1.807, 2.05) is 36.5 Å². The summed E-state index contributed by atoms with van der Waals surface area (Å²) in [4.78, 5) is 0.260. The molecule has 0 aliphatic heterocycles. The van der Waals surface area contributed by atoms with Crippen LogP contribution in [0.5, 0.6) is 0 Å². The molecule has 5 nitrogen and oxygen atoms in total. The molecule has 3 aromatic rings. The van der Waals surface area contributed by atoms with Crippen molar-refractivity contribution >= 4 is 31.6 Å². The van der Waals surface area contributed by atoms with Gasteiger partial charge in [-0.2, -0.15) is 5.10 Å². The molecule has 0 aliphatic rings. The van der Waals surface area contributed by atoms with Gasteiger partial charge in [0, 0.05) is 11.9 Å². The Morgan fingerprint density at radius 3 is 2.56 bits per heavy atom. The van der Waals surface area contributed by atoms with Crippen LogP contribution in [0.15, 0.2) is 70.3 Å². The van der Waals surface area contributed by atoms with E-state index in [2.05, 4.69) is 39.6 Å². The summed E-state index contributed by atoms with van der Waals surface area (Å²) < 4.78 is 30.7. The highest BCUT2D eigenvalue weighted by atomic mass is 79.9. The topological polar surface area (TPSA) is 64.0 Å². The number of hydrogen-bond donors (Lipinski definition) is 1. The maximum Gasteiger partial charge on any atom is 0.261 e. The average molecular weight is 448 g/mol. The molecule has 0 aliphatic carbocycles. The van der Waals surface area contributed by atoms with Gasteiger partial charge in [-0.1, -0.05) is 38.1 Å². The number of benzene rings is 2. The molecule has 1 atom stereocenters. The molecule has 1 N–H and O–H groups in total. The first kappa shape index (κ1) is 19.6. The van der Waals surface area contributed by atoms with Gasteiger partial charge in [0.25, 0.3) is 10.0 Å². The van der Waals surface area contributed by atoms with Gasteiger partial charge in [-0.15, -0.1) is 0 Å². The van der Waals surface area contributed by atoms with Crippen molar-refractivity contribution in [3.05, 3.63) is 76.5 Å². The quantitative estimate of drug-likeness (QED) is 0.553. The molecule has 1 heterocycles. The van der Waals surface area contributed by atoms with Crippen LogP contribution in [0.4, 0.5) is 5.69 Å². The fourth-order valence-electron chi connectivity index (χ4n) is 2.77. The molecule has 27 heavy (non-hydrogen) atoms. The van der Waals surface area contributed by atoms with Crippen molar-refractivity contribution in [2.75, 3.05) is 4.72 Å². The van der Waals surface area contributed by atoms with Crippen LogP contribution in [-0.4, -0.2) is 18.2 Å². The summed E-state index contributed by atoms with van der Waals surface area (Å²) >= 11 is 3.37. The van der Waals surface area contributed by atoms with Gasteiger partial charge < -0.3 is 0 Å². The Balaban J connectivity index is 1.76. The van der Waals surface area contributed by atoms with E-state index in [1.54, 1.807) is 29.1 Å². The normalized spacial score (nSPS) is 12.7. The molecule has 0 fully saturated rings. The zero-order valence-electron chi connectivity index (χ0n) is 15.3. The predicted molar refractivity (Wildman–Crippen MR) is 111 cm³/mol. The zero-order valence-corrected chi connectivity index (χ0v) is 17.7.